The van der Waals surface area contributed by atoms with Crippen LogP contribution in [0.25, 0.3) is 0 Å². The molecule has 102 valence electrons. The van der Waals surface area contributed by atoms with Crippen LogP contribution >= 0.6 is 28.3 Å². The lowest BCUT2D eigenvalue weighted by Crippen LogP contribution is -2.37. The number of carbonyl (C=O) groups excluding carboxylic acids is 1. The maximum Gasteiger partial charge on any atom is 0.251 e. The summed E-state index contributed by atoms with van der Waals surface area (Å²) in [5.41, 5.74) is 0.612. The first-order valence-corrected chi connectivity index (χ1v) is 6.16. The molecule has 0 radical (unpaired) electrons. The zero-order valence-electron chi connectivity index (χ0n) is 10.6. The molecule has 0 saturated carbocycles. The van der Waals surface area contributed by atoms with Crippen LogP contribution in [-0.4, -0.2) is 32.7 Å². The Morgan fingerprint density at radius 2 is 2.17 bits per heavy atom. The van der Waals surface area contributed by atoms with Crippen molar-refractivity contribution in [2.75, 3.05) is 20.7 Å². The van der Waals surface area contributed by atoms with Crippen LogP contribution in [-0.2, 0) is 0 Å². The number of nitrogens with one attached hydrogen (secondary N) is 2. The van der Waals surface area contributed by atoms with Crippen LogP contribution in [0.3, 0.4) is 0 Å². The minimum atomic E-state index is -0.0875. The van der Waals surface area contributed by atoms with Gasteiger partial charge in [0, 0.05) is 18.2 Å². The lowest BCUT2D eigenvalue weighted by atomic mass is 10.2. The van der Waals surface area contributed by atoms with Crippen molar-refractivity contribution in [3.05, 3.63) is 28.2 Å². The first kappa shape index (κ1) is 17.2. The van der Waals surface area contributed by atoms with Gasteiger partial charge in [-0.3, -0.25) is 4.79 Å². The molecule has 0 aromatic heterocycles. The Kier molecular flexibility index (Phi) is 7.98. The molecule has 1 unspecified atom stereocenters. The van der Waals surface area contributed by atoms with E-state index >= 15 is 0 Å². The summed E-state index contributed by atoms with van der Waals surface area (Å²) >= 11 is 3.35. The molecule has 2 N–H and O–H groups in total. The van der Waals surface area contributed by atoms with Crippen LogP contribution in [0, 0.1) is 0 Å². The molecule has 1 rings (SSSR count). The number of carbonyl (C=O) groups is 1. The van der Waals surface area contributed by atoms with Crippen LogP contribution in [0.2, 0.25) is 0 Å². The number of hydrogen-bond acceptors (Lipinski definition) is 3. The number of ether oxygens (including phenoxy) is 1. The Labute approximate surface area is 122 Å². The summed E-state index contributed by atoms with van der Waals surface area (Å²) in [5.74, 6) is 0.626. The molecule has 0 aliphatic rings. The van der Waals surface area contributed by atoms with Gasteiger partial charge in [-0.1, -0.05) is 0 Å². The minimum Gasteiger partial charge on any atom is -0.496 e. The Bertz CT molecular complexity index is 402. The highest BCUT2D eigenvalue weighted by molar-refractivity contribution is 9.10. The topological polar surface area (TPSA) is 50.4 Å². The van der Waals surface area contributed by atoms with E-state index in [2.05, 4.69) is 26.6 Å². The van der Waals surface area contributed by atoms with Crippen molar-refractivity contribution >= 4 is 34.2 Å². The van der Waals surface area contributed by atoms with Crippen molar-refractivity contribution in [2.24, 2.45) is 0 Å². The zero-order valence-corrected chi connectivity index (χ0v) is 13.0. The predicted octanol–water partition coefficient (Wildman–Crippen LogP) is 2.22. The predicted molar refractivity (Wildman–Crippen MR) is 78.8 cm³/mol. The molecule has 0 aliphatic heterocycles. The van der Waals surface area contributed by atoms with E-state index in [0.717, 1.165) is 4.47 Å². The molecular formula is C12H18BrClN2O2. The number of halogens is 2. The fourth-order valence-electron chi connectivity index (χ4n) is 1.26. The summed E-state index contributed by atoms with van der Waals surface area (Å²) in [6, 6.07) is 5.50. The van der Waals surface area contributed by atoms with E-state index in [-0.39, 0.29) is 24.4 Å². The van der Waals surface area contributed by atoms with E-state index in [1.54, 1.807) is 25.3 Å². The first-order chi connectivity index (χ1) is 8.08. The van der Waals surface area contributed by atoms with Crippen molar-refractivity contribution in [3.8, 4) is 5.75 Å². The quantitative estimate of drug-likeness (QED) is 0.866. The Morgan fingerprint density at radius 3 is 2.67 bits per heavy atom. The minimum absolute atomic E-state index is 0. The van der Waals surface area contributed by atoms with Gasteiger partial charge >= 0.3 is 0 Å². The van der Waals surface area contributed by atoms with Gasteiger partial charge in [-0.2, -0.15) is 0 Å². The molecular weight excluding hydrogens is 320 g/mol. The summed E-state index contributed by atoms with van der Waals surface area (Å²) in [7, 11) is 3.45. The van der Waals surface area contributed by atoms with Gasteiger partial charge in [-0.05, 0) is 48.1 Å². The third-order valence-corrected chi connectivity index (χ3v) is 3.10. The lowest BCUT2D eigenvalue weighted by Gasteiger charge is -2.12. The third-order valence-electron chi connectivity index (χ3n) is 2.48. The van der Waals surface area contributed by atoms with Gasteiger partial charge in [-0.15, -0.1) is 12.4 Å². The van der Waals surface area contributed by atoms with Crippen LogP contribution in [0.15, 0.2) is 22.7 Å². The van der Waals surface area contributed by atoms with E-state index in [1.165, 1.54) is 0 Å². The van der Waals surface area contributed by atoms with Crippen LogP contribution in [0.4, 0.5) is 0 Å². The molecule has 6 heteroatoms. The summed E-state index contributed by atoms with van der Waals surface area (Å²) in [6.45, 7) is 2.60. The van der Waals surface area contributed by atoms with Gasteiger partial charge < -0.3 is 15.4 Å². The summed E-state index contributed by atoms with van der Waals surface area (Å²) < 4.78 is 5.88. The molecule has 1 aromatic carbocycles. The summed E-state index contributed by atoms with van der Waals surface area (Å²) in [4.78, 5) is 11.8. The van der Waals surface area contributed by atoms with Crippen molar-refractivity contribution in [1.29, 1.82) is 0 Å². The van der Waals surface area contributed by atoms with Gasteiger partial charge in [0.15, 0.2) is 0 Å². The number of hydrogen-bond donors (Lipinski definition) is 2. The number of amides is 1. The smallest absolute Gasteiger partial charge is 0.251 e. The maximum absolute atomic E-state index is 11.8. The third kappa shape index (κ3) is 4.84. The fourth-order valence-corrected chi connectivity index (χ4v) is 1.80. The van der Waals surface area contributed by atoms with E-state index in [4.69, 9.17) is 4.74 Å². The average molecular weight is 338 g/mol. The van der Waals surface area contributed by atoms with Crippen molar-refractivity contribution in [1.82, 2.24) is 10.6 Å². The van der Waals surface area contributed by atoms with Gasteiger partial charge in [0.05, 0.1) is 11.6 Å². The van der Waals surface area contributed by atoms with Crippen molar-refractivity contribution in [2.45, 2.75) is 13.0 Å². The molecule has 0 spiro atoms. The molecule has 0 aliphatic carbocycles. The summed E-state index contributed by atoms with van der Waals surface area (Å²) in [5, 5.41) is 5.91. The number of likely N-dealkylation sites (N-methyl/N-ethyl adjacent to an activating group) is 1. The van der Waals surface area contributed by atoms with E-state index in [1.807, 2.05) is 14.0 Å². The molecule has 0 bridgehead atoms. The van der Waals surface area contributed by atoms with Gasteiger partial charge in [0.25, 0.3) is 5.91 Å². The second kappa shape index (κ2) is 8.34. The number of methoxy groups -OCH3 is 1. The molecule has 0 fully saturated rings. The van der Waals surface area contributed by atoms with Crippen LogP contribution < -0.4 is 15.4 Å². The average Bonchev–Trinajstić information content (AvgIpc) is 2.35. The molecule has 1 atom stereocenters. The van der Waals surface area contributed by atoms with Crippen molar-refractivity contribution in [3.63, 3.8) is 0 Å². The molecule has 0 heterocycles. The second-order valence-corrected chi connectivity index (χ2v) is 4.60. The highest BCUT2D eigenvalue weighted by Crippen LogP contribution is 2.25. The van der Waals surface area contributed by atoms with Crippen LogP contribution in [0.1, 0.15) is 17.3 Å². The number of rotatable bonds is 5. The molecule has 1 amide bonds. The van der Waals surface area contributed by atoms with Gasteiger partial charge in [0.1, 0.15) is 5.75 Å². The zero-order chi connectivity index (χ0) is 12.8. The highest BCUT2D eigenvalue weighted by Gasteiger charge is 2.09. The van der Waals surface area contributed by atoms with Crippen molar-refractivity contribution < 1.29 is 9.53 Å². The first-order valence-electron chi connectivity index (χ1n) is 5.37. The van der Waals surface area contributed by atoms with E-state index < -0.39 is 0 Å². The molecule has 18 heavy (non-hydrogen) atoms. The second-order valence-electron chi connectivity index (χ2n) is 3.75. The Balaban J connectivity index is 0.00000289. The fraction of sp³-hybridized carbons (Fsp3) is 0.417. The Hall–Kier alpha value is -0.780. The monoisotopic (exact) mass is 336 g/mol. The van der Waals surface area contributed by atoms with Crippen LogP contribution in [0.5, 0.6) is 5.75 Å². The number of benzene rings is 1. The lowest BCUT2D eigenvalue weighted by molar-refractivity contribution is 0.0950. The van der Waals surface area contributed by atoms with E-state index in [0.29, 0.717) is 17.9 Å². The Morgan fingerprint density at radius 1 is 1.50 bits per heavy atom. The molecule has 0 saturated heterocycles. The SMILES string of the molecule is CNC(C)CNC(=O)c1ccc(OC)c(Br)c1.Cl. The standard InChI is InChI=1S/C12H17BrN2O2.ClH/c1-8(14-2)7-15-12(16)9-4-5-11(17-3)10(13)6-9;/h4-6,8,14H,7H2,1-3H3,(H,15,16);1H. The van der Waals surface area contributed by atoms with Gasteiger partial charge in [-0.25, -0.2) is 0 Å². The maximum atomic E-state index is 11.8. The summed E-state index contributed by atoms with van der Waals surface area (Å²) in [6.07, 6.45) is 0. The highest BCUT2D eigenvalue weighted by atomic mass is 79.9. The molecule has 1 aromatic rings. The van der Waals surface area contributed by atoms with E-state index in [9.17, 15) is 4.79 Å². The van der Waals surface area contributed by atoms with Gasteiger partial charge in [0.2, 0.25) is 0 Å². The largest absolute Gasteiger partial charge is 0.496 e. The normalized spacial score (nSPS) is 11.3. The molecule has 4 nitrogen and oxygen atoms in total.